The first-order valence-corrected chi connectivity index (χ1v) is 3.22. The van der Waals surface area contributed by atoms with Crippen LogP contribution in [0.1, 0.15) is 0 Å². The van der Waals surface area contributed by atoms with Gasteiger partial charge in [-0.15, -0.1) is 0 Å². The number of nitrogens with one attached hydrogen (secondary N) is 1. The van der Waals surface area contributed by atoms with E-state index in [-0.39, 0.29) is 0 Å². The first kappa shape index (κ1) is 8.32. The van der Waals surface area contributed by atoms with Gasteiger partial charge in [0.25, 0.3) is 0 Å². The Kier molecular flexibility index (Phi) is 2.47. The second-order valence-electron chi connectivity index (χ2n) is 2.02. The first-order chi connectivity index (χ1) is 5.72. The third-order valence-electron chi connectivity index (χ3n) is 1.20. The number of carboxylic acid groups (broad SMARTS) is 1. The van der Waals surface area contributed by atoms with Crippen LogP contribution in [0.25, 0.3) is 0 Å². The Balaban J connectivity index is 2.71. The van der Waals surface area contributed by atoms with E-state index in [1.165, 1.54) is 13.3 Å². The van der Waals surface area contributed by atoms with E-state index in [1.54, 1.807) is 12.1 Å². The number of hydrogen-bond donors (Lipinski definition) is 2. The summed E-state index contributed by atoms with van der Waals surface area (Å²) in [5, 5.41) is 10.5. The monoisotopic (exact) mass is 168 g/mol. The van der Waals surface area contributed by atoms with Gasteiger partial charge < -0.3 is 9.84 Å². The highest BCUT2D eigenvalue weighted by Crippen LogP contribution is 2.10. The first-order valence-electron chi connectivity index (χ1n) is 3.22. The van der Waals surface area contributed by atoms with Gasteiger partial charge in [0.05, 0.1) is 19.0 Å². The van der Waals surface area contributed by atoms with Crippen LogP contribution < -0.4 is 10.1 Å². The van der Waals surface area contributed by atoms with Crippen LogP contribution in [0, 0.1) is 0 Å². The van der Waals surface area contributed by atoms with Gasteiger partial charge in [0.2, 0.25) is 5.88 Å². The SMILES string of the molecule is COc1ccc(NC(=O)O)cn1. The number of aromatic nitrogens is 1. The fourth-order valence-corrected chi connectivity index (χ4v) is 0.698. The smallest absolute Gasteiger partial charge is 0.409 e. The van der Waals surface area contributed by atoms with Gasteiger partial charge in [-0.1, -0.05) is 0 Å². The minimum Gasteiger partial charge on any atom is -0.481 e. The molecule has 64 valence electrons. The van der Waals surface area contributed by atoms with E-state index in [2.05, 4.69) is 10.3 Å². The third kappa shape index (κ3) is 2.12. The number of pyridine rings is 1. The third-order valence-corrected chi connectivity index (χ3v) is 1.20. The van der Waals surface area contributed by atoms with Gasteiger partial charge in [0, 0.05) is 6.07 Å². The van der Waals surface area contributed by atoms with Crippen molar-refractivity contribution in [3.63, 3.8) is 0 Å². The predicted molar refractivity (Wildman–Crippen MR) is 42.4 cm³/mol. The van der Waals surface area contributed by atoms with Crippen LogP contribution >= 0.6 is 0 Å². The molecule has 0 aromatic carbocycles. The Morgan fingerprint density at radius 3 is 2.83 bits per heavy atom. The number of methoxy groups -OCH3 is 1. The molecular weight excluding hydrogens is 160 g/mol. The van der Waals surface area contributed by atoms with Gasteiger partial charge in [0.15, 0.2) is 0 Å². The molecule has 0 radical (unpaired) electrons. The summed E-state index contributed by atoms with van der Waals surface area (Å²) in [5.74, 6) is 0.450. The van der Waals surface area contributed by atoms with Crippen LogP contribution in [0.5, 0.6) is 5.88 Å². The minimum absolute atomic E-state index is 0.420. The molecule has 0 atom stereocenters. The molecule has 5 heteroatoms. The summed E-state index contributed by atoms with van der Waals surface area (Å²) in [6.07, 6.45) is 0.273. The van der Waals surface area contributed by atoms with Gasteiger partial charge in [-0.25, -0.2) is 9.78 Å². The van der Waals surface area contributed by atoms with Crippen LogP contribution in [-0.4, -0.2) is 23.3 Å². The highest BCUT2D eigenvalue weighted by molar-refractivity contribution is 5.82. The van der Waals surface area contributed by atoms with Crippen molar-refractivity contribution >= 4 is 11.8 Å². The van der Waals surface area contributed by atoms with Gasteiger partial charge in [-0.2, -0.15) is 0 Å². The molecule has 0 bridgehead atoms. The van der Waals surface area contributed by atoms with Crippen molar-refractivity contribution in [1.29, 1.82) is 0 Å². The lowest BCUT2D eigenvalue weighted by molar-refractivity contribution is 0.209. The van der Waals surface area contributed by atoms with E-state index in [0.717, 1.165) is 0 Å². The maximum atomic E-state index is 10.2. The fraction of sp³-hybridized carbons (Fsp3) is 0.143. The molecule has 12 heavy (non-hydrogen) atoms. The van der Waals surface area contributed by atoms with Crippen LogP contribution in [0.3, 0.4) is 0 Å². The molecular formula is C7H8N2O3. The van der Waals surface area contributed by atoms with Gasteiger partial charge in [-0.3, -0.25) is 5.32 Å². The minimum atomic E-state index is -1.11. The van der Waals surface area contributed by atoms with E-state index in [9.17, 15) is 4.79 Å². The maximum absolute atomic E-state index is 10.2. The summed E-state index contributed by atoms with van der Waals surface area (Å²) >= 11 is 0. The van der Waals surface area contributed by atoms with Crippen LogP contribution in [-0.2, 0) is 0 Å². The molecule has 0 saturated heterocycles. The molecule has 1 heterocycles. The Morgan fingerprint density at radius 1 is 1.67 bits per heavy atom. The number of nitrogens with zero attached hydrogens (tertiary/aromatic N) is 1. The van der Waals surface area contributed by atoms with E-state index in [1.807, 2.05) is 0 Å². The Labute approximate surface area is 69.0 Å². The van der Waals surface area contributed by atoms with E-state index < -0.39 is 6.09 Å². The number of carbonyl (C=O) groups is 1. The molecule has 0 saturated carbocycles. The van der Waals surface area contributed by atoms with E-state index in [4.69, 9.17) is 9.84 Å². The van der Waals surface area contributed by atoms with Crippen molar-refractivity contribution in [2.75, 3.05) is 12.4 Å². The molecule has 0 unspecified atom stereocenters. The lowest BCUT2D eigenvalue weighted by Crippen LogP contribution is -2.07. The highest BCUT2D eigenvalue weighted by Gasteiger charge is 1.97. The predicted octanol–water partition coefficient (Wildman–Crippen LogP) is 1.18. The number of rotatable bonds is 2. The van der Waals surface area contributed by atoms with E-state index in [0.29, 0.717) is 11.6 Å². The number of ether oxygens (including phenoxy) is 1. The maximum Gasteiger partial charge on any atom is 0.409 e. The normalized spacial score (nSPS) is 9.08. The molecule has 0 aliphatic heterocycles. The molecule has 5 nitrogen and oxygen atoms in total. The summed E-state index contributed by atoms with van der Waals surface area (Å²) in [4.78, 5) is 14.0. The van der Waals surface area contributed by atoms with Crippen molar-refractivity contribution in [2.24, 2.45) is 0 Å². The van der Waals surface area contributed by atoms with Crippen molar-refractivity contribution in [1.82, 2.24) is 4.98 Å². The summed E-state index contributed by atoms with van der Waals surface area (Å²) < 4.78 is 4.79. The van der Waals surface area contributed by atoms with Crippen molar-refractivity contribution in [3.05, 3.63) is 18.3 Å². The van der Waals surface area contributed by atoms with Crippen molar-refractivity contribution in [2.45, 2.75) is 0 Å². The zero-order chi connectivity index (χ0) is 8.97. The van der Waals surface area contributed by atoms with E-state index >= 15 is 0 Å². The van der Waals surface area contributed by atoms with Crippen LogP contribution in [0.2, 0.25) is 0 Å². The average molecular weight is 168 g/mol. The largest absolute Gasteiger partial charge is 0.481 e. The highest BCUT2D eigenvalue weighted by atomic mass is 16.5. The van der Waals surface area contributed by atoms with Crippen LogP contribution in [0.4, 0.5) is 10.5 Å². The van der Waals surface area contributed by atoms with Crippen molar-refractivity contribution in [3.8, 4) is 5.88 Å². The van der Waals surface area contributed by atoms with Gasteiger partial charge in [-0.05, 0) is 6.07 Å². The standard InChI is InChI=1S/C7H8N2O3/c1-12-6-3-2-5(4-8-6)9-7(10)11/h2-4,9H,1H3,(H,10,11). The molecule has 1 amide bonds. The Morgan fingerprint density at radius 2 is 2.42 bits per heavy atom. The van der Waals surface area contributed by atoms with Gasteiger partial charge in [0.1, 0.15) is 0 Å². The zero-order valence-electron chi connectivity index (χ0n) is 6.44. The average Bonchev–Trinajstić information content (AvgIpc) is 2.05. The molecule has 2 N–H and O–H groups in total. The Bertz CT molecular complexity index is 270. The summed E-state index contributed by atoms with van der Waals surface area (Å²) in [6, 6.07) is 3.14. The zero-order valence-corrected chi connectivity index (χ0v) is 6.44. The molecule has 0 fully saturated rings. The lowest BCUT2D eigenvalue weighted by Gasteiger charge is -2.00. The second kappa shape index (κ2) is 3.56. The topological polar surface area (TPSA) is 71.5 Å². The van der Waals surface area contributed by atoms with Crippen molar-refractivity contribution < 1.29 is 14.6 Å². The lowest BCUT2D eigenvalue weighted by atomic mass is 10.4. The summed E-state index contributed by atoms with van der Waals surface area (Å²) in [6.45, 7) is 0. The molecule has 1 rings (SSSR count). The molecule has 1 aromatic heterocycles. The second-order valence-corrected chi connectivity index (χ2v) is 2.02. The number of hydrogen-bond acceptors (Lipinski definition) is 3. The number of anilines is 1. The quantitative estimate of drug-likeness (QED) is 0.695. The Hall–Kier alpha value is -1.78. The van der Waals surface area contributed by atoms with Crippen LogP contribution in [0.15, 0.2) is 18.3 Å². The fourth-order valence-electron chi connectivity index (χ4n) is 0.698. The molecule has 0 aliphatic carbocycles. The summed E-state index contributed by atoms with van der Waals surface area (Å²) in [7, 11) is 1.49. The molecule has 0 aliphatic rings. The number of amides is 1. The molecule has 1 aromatic rings. The summed E-state index contributed by atoms with van der Waals surface area (Å²) in [5.41, 5.74) is 0.420. The van der Waals surface area contributed by atoms with Gasteiger partial charge >= 0.3 is 6.09 Å². The molecule has 0 spiro atoms.